The topological polar surface area (TPSA) is 59.9 Å². The number of anilines is 1. The molecule has 2 aliphatic rings. The van der Waals surface area contributed by atoms with Gasteiger partial charge in [0.1, 0.15) is 0 Å². The summed E-state index contributed by atoms with van der Waals surface area (Å²) in [6.45, 7) is 9.19. The van der Waals surface area contributed by atoms with Gasteiger partial charge in [-0.1, -0.05) is 25.2 Å². The standard InChI is InChI=1S/C22H32N4O2S2/c1-22(2)7-6-16-14(12-22)17(20(27)28)19(29-16)18-15(13-24(3)4)23-21(30-18)26-10-8-25(5)9-11-26/h6-13H2,1-5H3,(H,27,28). The summed E-state index contributed by atoms with van der Waals surface area (Å²) < 4.78 is 0. The van der Waals surface area contributed by atoms with Gasteiger partial charge in [-0.3, -0.25) is 0 Å². The van der Waals surface area contributed by atoms with E-state index in [0.29, 0.717) is 12.1 Å². The molecule has 0 spiro atoms. The lowest BCUT2D eigenvalue weighted by Gasteiger charge is -2.32. The smallest absolute Gasteiger partial charge is 0.337 e. The lowest BCUT2D eigenvalue weighted by Crippen LogP contribution is -2.44. The number of hydrogen-bond donors (Lipinski definition) is 1. The molecule has 1 N–H and O–H groups in total. The Hall–Kier alpha value is -1.48. The zero-order chi connectivity index (χ0) is 21.6. The van der Waals surface area contributed by atoms with Gasteiger partial charge in [-0.05, 0) is 51.4 Å². The molecular formula is C22H32N4O2S2. The predicted molar refractivity (Wildman–Crippen MR) is 125 cm³/mol. The third-order valence-corrected chi connectivity index (χ3v) is 8.74. The Bertz CT molecular complexity index is 939. The Balaban J connectivity index is 1.79. The van der Waals surface area contributed by atoms with Crippen LogP contribution in [0.1, 0.15) is 46.8 Å². The first-order valence-electron chi connectivity index (χ1n) is 10.6. The van der Waals surface area contributed by atoms with Gasteiger partial charge in [0.25, 0.3) is 0 Å². The second kappa shape index (κ2) is 8.22. The molecule has 0 bridgehead atoms. The quantitative estimate of drug-likeness (QED) is 0.749. The lowest BCUT2D eigenvalue weighted by atomic mass is 9.76. The van der Waals surface area contributed by atoms with Gasteiger partial charge in [-0.2, -0.15) is 0 Å². The van der Waals surface area contributed by atoms with Crippen molar-refractivity contribution >= 4 is 33.8 Å². The number of carboxylic acid groups (broad SMARTS) is 1. The summed E-state index contributed by atoms with van der Waals surface area (Å²) in [5.74, 6) is -0.800. The van der Waals surface area contributed by atoms with Crippen LogP contribution in [0.5, 0.6) is 0 Å². The Morgan fingerprint density at radius 3 is 2.50 bits per heavy atom. The molecule has 8 heteroatoms. The van der Waals surface area contributed by atoms with Crippen LogP contribution in [-0.4, -0.2) is 73.2 Å². The molecule has 0 amide bonds. The van der Waals surface area contributed by atoms with Crippen LogP contribution in [0, 0.1) is 5.41 Å². The van der Waals surface area contributed by atoms with E-state index in [1.54, 1.807) is 22.7 Å². The van der Waals surface area contributed by atoms with Crippen molar-refractivity contribution in [3.05, 3.63) is 21.7 Å². The highest BCUT2D eigenvalue weighted by Crippen LogP contribution is 2.48. The van der Waals surface area contributed by atoms with Crippen LogP contribution in [-0.2, 0) is 19.4 Å². The molecule has 6 nitrogen and oxygen atoms in total. The Morgan fingerprint density at radius 1 is 1.17 bits per heavy atom. The highest BCUT2D eigenvalue weighted by atomic mass is 32.1. The van der Waals surface area contributed by atoms with Gasteiger partial charge < -0.3 is 19.8 Å². The van der Waals surface area contributed by atoms with E-state index < -0.39 is 5.97 Å². The average Bonchev–Trinajstić information content (AvgIpc) is 3.21. The minimum atomic E-state index is -0.800. The fraction of sp³-hybridized carbons (Fsp3) is 0.636. The molecule has 0 saturated carbocycles. The van der Waals surface area contributed by atoms with Gasteiger partial charge in [0.2, 0.25) is 0 Å². The number of hydrogen-bond acceptors (Lipinski definition) is 7. The Kier molecular flexibility index (Phi) is 5.96. The molecular weight excluding hydrogens is 416 g/mol. The monoisotopic (exact) mass is 448 g/mol. The predicted octanol–water partition coefficient (Wildman–Crippen LogP) is 3.90. The number of rotatable bonds is 5. The van der Waals surface area contributed by atoms with Gasteiger partial charge >= 0.3 is 5.97 Å². The van der Waals surface area contributed by atoms with E-state index in [9.17, 15) is 9.90 Å². The first-order chi connectivity index (χ1) is 14.1. The molecule has 2 aromatic heterocycles. The number of thiazole rings is 1. The number of fused-ring (bicyclic) bond motifs is 1. The van der Waals surface area contributed by atoms with Gasteiger partial charge in [-0.15, -0.1) is 11.3 Å². The summed E-state index contributed by atoms with van der Waals surface area (Å²) in [6, 6.07) is 0. The number of aryl methyl sites for hydroxylation is 1. The molecule has 1 saturated heterocycles. The van der Waals surface area contributed by atoms with Gasteiger partial charge in [0.05, 0.1) is 21.0 Å². The summed E-state index contributed by atoms with van der Waals surface area (Å²) in [7, 11) is 6.23. The number of piperazine rings is 1. The molecule has 1 fully saturated rings. The van der Waals surface area contributed by atoms with Gasteiger partial charge in [0, 0.05) is 37.6 Å². The van der Waals surface area contributed by atoms with Gasteiger partial charge in [0.15, 0.2) is 5.13 Å². The number of aromatic nitrogens is 1. The van der Waals surface area contributed by atoms with Crippen molar-refractivity contribution < 1.29 is 9.90 Å². The minimum absolute atomic E-state index is 0.153. The summed E-state index contributed by atoms with van der Waals surface area (Å²) in [5.41, 5.74) is 2.74. The number of nitrogens with zero attached hydrogens (tertiary/aromatic N) is 4. The molecule has 0 atom stereocenters. The van der Waals surface area contributed by atoms with E-state index in [0.717, 1.165) is 71.6 Å². The van der Waals surface area contributed by atoms with Crippen molar-refractivity contribution in [3.8, 4) is 9.75 Å². The molecule has 1 aliphatic carbocycles. The highest BCUT2D eigenvalue weighted by molar-refractivity contribution is 7.24. The van der Waals surface area contributed by atoms with Crippen LogP contribution in [0.2, 0.25) is 0 Å². The molecule has 4 rings (SSSR count). The Labute approximate surface area is 187 Å². The fourth-order valence-electron chi connectivity index (χ4n) is 4.36. The number of carbonyl (C=O) groups is 1. The number of likely N-dealkylation sites (N-methyl/N-ethyl adjacent to an activating group) is 1. The molecule has 30 heavy (non-hydrogen) atoms. The van der Waals surface area contributed by atoms with Crippen molar-refractivity contribution in [1.29, 1.82) is 0 Å². The van der Waals surface area contributed by atoms with Crippen LogP contribution in [0.15, 0.2) is 0 Å². The van der Waals surface area contributed by atoms with Crippen LogP contribution in [0.4, 0.5) is 5.13 Å². The van der Waals surface area contributed by atoms with Crippen molar-refractivity contribution in [2.45, 2.75) is 39.7 Å². The Morgan fingerprint density at radius 2 is 1.87 bits per heavy atom. The van der Waals surface area contributed by atoms with E-state index in [-0.39, 0.29) is 5.41 Å². The second-order valence-corrected chi connectivity index (χ2v) is 11.7. The number of thiophene rings is 1. The summed E-state index contributed by atoms with van der Waals surface area (Å²) in [5, 5.41) is 11.2. The van der Waals surface area contributed by atoms with E-state index >= 15 is 0 Å². The number of carboxylic acids is 1. The maximum atomic E-state index is 12.4. The summed E-state index contributed by atoms with van der Waals surface area (Å²) in [4.78, 5) is 27.4. The average molecular weight is 449 g/mol. The normalized spacial score (nSPS) is 19.3. The van der Waals surface area contributed by atoms with E-state index in [1.807, 2.05) is 14.1 Å². The molecule has 2 aromatic rings. The van der Waals surface area contributed by atoms with Crippen molar-refractivity contribution in [1.82, 2.24) is 14.8 Å². The minimum Gasteiger partial charge on any atom is -0.478 e. The fourth-order valence-corrected chi connectivity index (χ4v) is 6.96. The van der Waals surface area contributed by atoms with E-state index in [1.165, 1.54) is 4.88 Å². The van der Waals surface area contributed by atoms with E-state index in [4.69, 9.17) is 4.98 Å². The molecule has 164 valence electrons. The zero-order valence-electron chi connectivity index (χ0n) is 18.6. The van der Waals surface area contributed by atoms with Crippen molar-refractivity contribution in [2.24, 2.45) is 5.41 Å². The lowest BCUT2D eigenvalue weighted by molar-refractivity contribution is 0.0696. The van der Waals surface area contributed by atoms with Crippen LogP contribution >= 0.6 is 22.7 Å². The van der Waals surface area contributed by atoms with Gasteiger partial charge in [-0.25, -0.2) is 9.78 Å². The summed E-state index contributed by atoms with van der Waals surface area (Å²) in [6.07, 6.45) is 2.92. The third-order valence-electron chi connectivity index (χ3n) is 6.12. The zero-order valence-corrected chi connectivity index (χ0v) is 20.3. The SMILES string of the molecule is CN(C)Cc1nc(N2CCN(C)CC2)sc1-c1sc2c(c1C(=O)O)CC(C)(C)CC2. The maximum absolute atomic E-state index is 12.4. The number of aromatic carboxylic acids is 1. The van der Waals surface area contributed by atoms with Crippen molar-refractivity contribution in [3.63, 3.8) is 0 Å². The molecule has 3 heterocycles. The molecule has 0 unspecified atom stereocenters. The van der Waals surface area contributed by atoms with Crippen molar-refractivity contribution in [2.75, 3.05) is 52.2 Å². The first kappa shape index (κ1) is 21.7. The second-order valence-electron chi connectivity index (χ2n) is 9.65. The third kappa shape index (κ3) is 4.28. The highest BCUT2D eigenvalue weighted by Gasteiger charge is 2.34. The largest absolute Gasteiger partial charge is 0.478 e. The molecule has 1 aliphatic heterocycles. The molecule has 0 radical (unpaired) electrons. The summed E-state index contributed by atoms with van der Waals surface area (Å²) >= 11 is 3.36. The van der Waals surface area contributed by atoms with E-state index in [2.05, 4.69) is 35.6 Å². The van der Waals surface area contributed by atoms with Crippen LogP contribution in [0.3, 0.4) is 0 Å². The van der Waals surface area contributed by atoms with Crippen LogP contribution < -0.4 is 4.90 Å². The molecule has 0 aromatic carbocycles. The van der Waals surface area contributed by atoms with Crippen LogP contribution in [0.25, 0.3) is 9.75 Å². The maximum Gasteiger partial charge on any atom is 0.337 e. The first-order valence-corrected chi connectivity index (χ1v) is 12.2.